The summed E-state index contributed by atoms with van der Waals surface area (Å²) < 4.78 is 21.6. The maximum Gasteiger partial charge on any atom is 0.309 e. The highest BCUT2D eigenvalue weighted by Crippen LogP contribution is 2.15. The molecule has 1 saturated heterocycles. The zero-order valence-corrected chi connectivity index (χ0v) is 8.96. The summed E-state index contributed by atoms with van der Waals surface area (Å²) in [4.78, 5) is 12.4. The van der Waals surface area contributed by atoms with Crippen LogP contribution in [0, 0.1) is 5.92 Å². The largest absolute Gasteiger partial charge is 0.481 e. The fourth-order valence-corrected chi connectivity index (χ4v) is 2.11. The molecule has 1 rings (SSSR count). The summed E-state index contributed by atoms with van der Waals surface area (Å²) >= 11 is 0. The molecule has 0 bridgehead atoms. The van der Waals surface area contributed by atoms with Crippen molar-refractivity contribution in [1.29, 1.82) is 0 Å². The van der Waals surface area contributed by atoms with Crippen molar-refractivity contribution in [3.63, 3.8) is 0 Å². The van der Waals surface area contributed by atoms with Gasteiger partial charge in [0.05, 0.1) is 11.7 Å². The first-order chi connectivity index (χ1) is 6.38. The first-order valence-corrected chi connectivity index (χ1v) is 6.57. The summed E-state index contributed by atoms with van der Waals surface area (Å²) in [5, 5.41) is 8.58. The molecule has 1 heterocycles. The summed E-state index contributed by atoms with van der Waals surface area (Å²) in [7, 11) is -2.88. The number of carbonyl (C=O) groups is 1. The molecule has 6 heteroatoms. The zero-order chi connectivity index (χ0) is 10.8. The Kier molecular flexibility index (Phi) is 3.49. The Morgan fingerprint density at radius 2 is 2.07 bits per heavy atom. The lowest BCUT2D eigenvalue weighted by molar-refractivity contribution is -0.147. The van der Waals surface area contributed by atoms with Crippen molar-refractivity contribution in [2.45, 2.75) is 6.42 Å². The van der Waals surface area contributed by atoms with Crippen molar-refractivity contribution in [2.24, 2.45) is 5.92 Å². The minimum Gasteiger partial charge on any atom is -0.481 e. The number of aliphatic carboxylic acids is 1. The lowest BCUT2D eigenvalue weighted by Crippen LogP contribution is -2.50. The SMILES string of the molecule is CS(=O)(=O)CCCN1CC(C(=O)O)C1. The van der Waals surface area contributed by atoms with E-state index in [2.05, 4.69) is 0 Å². The number of rotatable bonds is 5. The molecule has 1 aliphatic rings. The molecule has 0 aromatic rings. The Bertz CT molecular complexity index is 305. The molecule has 5 nitrogen and oxygen atoms in total. The Labute approximate surface area is 83.6 Å². The third kappa shape index (κ3) is 3.63. The quantitative estimate of drug-likeness (QED) is 0.673. The third-order valence-corrected chi connectivity index (χ3v) is 3.33. The molecule has 0 radical (unpaired) electrons. The van der Waals surface area contributed by atoms with Crippen LogP contribution in [0.1, 0.15) is 6.42 Å². The van der Waals surface area contributed by atoms with Crippen LogP contribution in [-0.2, 0) is 14.6 Å². The van der Waals surface area contributed by atoms with E-state index in [1.165, 1.54) is 6.26 Å². The predicted molar refractivity (Wildman–Crippen MR) is 51.9 cm³/mol. The van der Waals surface area contributed by atoms with E-state index in [9.17, 15) is 13.2 Å². The first-order valence-electron chi connectivity index (χ1n) is 4.51. The molecule has 0 spiro atoms. The van der Waals surface area contributed by atoms with Crippen LogP contribution < -0.4 is 0 Å². The summed E-state index contributed by atoms with van der Waals surface area (Å²) in [5.41, 5.74) is 0. The van der Waals surface area contributed by atoms with Crippen molar-refractivity contribution < 1.29 is 18.3 Å². The highest BCUT2D eigenvalue weighted by molar-refractivity contribution is 7.90. The van der Waals surface area contributed by atoms with Crippen LogP contribution in [-0.4, -0.2) is 56.0 Å². The van der Waals surface area contributed by atoms with Crippen LogP contribution in [0.3, 0.4) is 0 Å². The number of hydrogen-bond acceptors (Lipinski definition) is 4. The van der Waals surface area contributed by atoms with Crippen LogP contribution in [0.25, 0.3) is 0 Å². The molecule has 1 fully saturated rings. The third-order valence-electron chi connectivity index (χ3n) is 2.30. The van der Waals surface area contributed by atoms with Gasteiger partial charge in [0.15, 0.2) is 0 Å². The number of likely N-dealkylation sites (tertiary alicyclic amines) is 1. The smallest absolute Gasteiger partial charge is 0.309 e. The molecule has 0 saturated carbocycles. The summed E-state index contributed by atoms with van der Waals surface area (Å²) in [6.45, 7) is 1.79. The zero-order valence-electron chi connectivity index (χ0n) is 8.14. The van der Waals surface area contributed by atoms with E-state index < -0.39 is 15.8 Å². The Hall–Kier alpha value is -0.620. The summed E-state index contributed by atoms with van der Waals surface area (Å²) in [6.07, 6.45) is 1.80. The minimum absolute atomic E-state index is 0.182. The normalized spacial score (nSPS) is 19.2. The van der Waals surface area contributed by atoms with Gasteiger partial charge in [-0.1, -0.05) is 0 Å². The second-order valence-corrected chi connectivity index (χ2v) is 6.04. The van der Waals surface area contributed by atoms with E-state index in [0.29, 0.717) is 26.1 Å². The number of carboxylic acids is 1. The van der Waals surface area contributed by atoms with Gasteiger partial charge in [0.25, 0.3) is 0 Å². The minimum atomic E-state index is -2.88. The van der Waals surface area contributed by atoms with Gasteiger partial charge in [0, 0.05) is 19.3 Å². The standard InChI is InChI=1S/C8H15NO4S/c1-14(12,13)4-2-3-9-5-7(6-9)8(10)11/h7H,2-6H2,1H3,(H,10,11). The maximum atomic E-state index is 10.8. The molecular weight excluding hydrogens is 206 g/mol. The van der Waals surface area contributed by atoms with Crippen molar-refractivity contribution in [3.8, 4) is 0 Å². The average Bonchev–Trinajstić information content (AvgIpc) is 1.90. The Morgan fingerprint density at radius 1 is 1.50 bits per heavy atom. The van der Waals surface area contributed by atoms with E-state index in [0.717, 1.165) is 0 Å². The van der Waals surface area contributed by atoms with Crippen LogP contribution in [0.4, 0.5) is 0 Å². The van der Waals surface area contributed by atoms with Gasteiger partial charge in [-0.3, -0.25) is 4.79 Å². The van der Waals surface area contributed by atoms with Gasteiger partial charge < -0.3 is 10.0 Å². The Morgan fingerprint density at radius 3 is 2.50 bits per heavy atom. The van der Waals surface area contributed by atoms with Gasteiger partial charge in [-0.2, -0.15) is 0 Å². The summed E-state index contributed by atoms with van der Waals surface area (Å²) in [5.74, 6) is -0.834. The predicted octanol–water partition coefficient (Wildman–Crippen LogP) is -0.562. The maximum absolute atomic E-state index is 10.8. The molecule has 82 valence electrons. The summed E-state index contributed by atoms with van der Waals surface area (Å²) in [6, 6.07) is 0. The molecule has 0 aromatic carbocycles. The van der Waals surface area contributed by atoms with Gasteiger partial charge in [0.1, 0.15) is 9.84 Å². The molecule has 0 amide bonds. The number of nitrogens with zero attached hydrogens (tertiary/aromatic N) is 1. The molecular formula is C8H15NO4S. The van der Waals surface area contributed by atoms with E-state index in [-0.39, 0.29) is 11.7 Å². The fourth-order valence-electron chi connectivity index (χ4n) is 1.46. The lowest BCUT2D eigenvalue weighted by Gasteiger charge is -2.36. The number of carboxylic acid groups (broad SMARTS) is 1. The van der Waals surface area contributed by atoms with Crippen LogP contribution in [0.2, 0.25) is 0 Å². The monoisotopic (exact) mass is 221 g/mol. The Balaban J connectivity index is 2.10. The molecule has 0 aliphatic carbocycles. The fraction of sp³-hybridized carbons (Fsp3) is 0.875. The first kappa shape index (κ1) is 11.5. The van der Waals surface area contributed by atoms with Crippen molar-refractivity contribution >= 4 is 15.8 Å². The van der Waals surface area contributed by atoms with Crippen molar-refractivity contribution in [1.82, 2.24) is 4.90 Å². The van der Waals surface area contributed by atoms with Crippen LogP contribution in [0.5, 0.6) is 0 Å². The van der Waals surface area contributed by atoms with Crippen LogP contribution in [0.15, 0.2) is 0 Å². The topological polar surface area (TPSA) is 74.7 Å². The van der Waals surface area contributed by atoms with E-state index >= 15 is 0 Å². The lowest BCUT2D eigenvalue weighted by atomic mass is 10.0. The second-order valence-electron chi connectivity index (χ2n) is 3.78. The van der Waals surface area contributed by atoms with E-state index in [1.54, 1.807) is 0 Å². The number of hydrogen-bond donors (Lipinski definition) is 1. The second kappa shape index (κ2) is 4.27. The molecule has 1 aliphatic heterocycles. The van der Waals surface area contributed by atoms with Crippen LogP contribution >= 0.6 is 0 Å². The van der Waals surface area contributed by atoms with E-state index in [1.807, 2.05) is 4.90 Å². The van der Waals surface area contributed by atoms with Gasteiger partial charge in [-0.15, -0.1) is 0 Å². The van der Waals surface area contributed by atoms with Gasteiger partial charge in [-0.05, 0) is 13.0 Å². The van der Waals surface area contributed by atoms with Crippen molar-refractivity contribution in [3.05, 3.63) is 0 Å². The highest BCUT2D eigenvalue weighted by Gasteiger charge is 2.31. The highest BCUT2D eigenvalue weighted by atomic mass is 32.2. The molecule has 0 aromatic heterocycles. The van der Waals surface area contributed by atoms with Gasteiger partial charge >= 0.3 is 5.97 Å². The molecule has 1 N–H and O–H groups in total. The average molecular weight is 221 g/mol. The molecule has 14 heavy (non-hydrogen) atoms. The van der Waals surface area contributed by atoms with E-state index in [4.69, 9.17) is 5.11 Å². The van der Waals surface area contributed by atoms with Gasteiger partial charge in [-0.25, -0.2) is 8.42 Å². The number of sulfone groups is 1. The van der Waals surface area contributed by atoms with Gasteiger partial charge in [0.2, 0.25) is 0 Å². The van der Waals surface area contributed by atoms with Crippen molar-refractivity contribution in [2.75, 3.05) is 31.6 Å². The molecule has 0 unspecified atom stereocenters. The molecule has 0 atom stereocenters.